The highest BCUT2D eigenvalue weighted by atomic mass is 16.5. The van der Waals surface area contributed by atoms with E-state index in [-0.39, 0.29) is 0 Å². The largest absolute Gasteiger partial charge is 0.493 e. The van der Waals surface area contributed by atoms with E-state index in [1.807, 2.05) is 6.07 Å². The summed E-state index contributed by atoms with van der Waals surface area (Å²) in [6.45, 7) is 2.30. The van der Waals surface area contributed by atoms with Gasteiger partial charge in [0.1, 0.15) is 0 Å². The van der Waals surface area contributed by atoms with Gasteiger partial charge in [0.15, 0.2) is 11.5 Å². The van der Waals surface area contributed by atoms with Crippen LogP contribution in [0.4, 0.5) is 0 Å². The van der Waals surface area contributed by atoms with Crippen LogP contribution in [0.2, 0.25) is 0 Å². The first-order chi connectivity index (χ1) is 13.2. The highest BCUT2D eigenvalue weighted by Crippen LogP contribution is 2.34. The quantitative estimate of drug-likeness (QED) is 0.326. The third-order valence-corrected chi connectivity index (χ3v) is 5.83. The van der Waals surface area contributed by atoms with Crippen molar-refractivity contribution in [2.75, 3.05) is 34.4 Å². The Labute approximate surface area is 167 Å². The second-order valence-corrected chi connectivity index (χ2v) is 8.30. The van der Waals surface area contributed by atoms with Gasteiger partial charge in [0.25, 0.3) is 0 Å². The molecule has 0 unspecified atom stereocenters. The average Bonchev–Trinajstić information content (AvgIpc) is 3.51. The summed E-state index contributed by atoms with van der Waals surface area (Å²) in [7, 11) is 5.61. The fourth-order valence-electron chi connectivity index (χ4n) is 3.75. The van der Waals surface area contributed by atoms with Gasteiger partial charge in [-0.2, -0.15) is 0 Å². The number of likely N-dealkylation sites (N-methyl/N-ethyl adjacent to an activating group) is 1. The molecule has 0 atom stereocenters. The van der Waals surface area contributed by atoms with Gasteiger partial charge >= 0.3 is 0 Å². The predicted octanol–water partition coefficient (Wildman–Crippen LogP) is 6.10. The highest BCUT2D eigenvalue weighted by molar-refractivity contribution is 5.42. The Morgan fingerprint density at radius 2 is 1.44 bits per heavy atom. The minimum atomic E-state index is 0.803. The first-order valence-corrected chi connectivity index (χ1v) is 11.1. The number of hydrogen-bond donors (Lipinski definition) is 0. The van der Waals surface area contributed by atoms with E-state index in [4.69, 9.17) is 9.47 Å². The lowest BCUT2D eigenvalue weighted by Crippen LogP contribution is -2.22. The molecule has 0 radical (unpaired) electrons. The lowest BCUT2D eigenvalue weighted by molar-refractivity contribution is 0.326. The summed E-state index contributed by atoms with van der Waals surface area (Å²) in [5, 5.41) is 0. The van der Waals surface area contributed by atoms with Crippen molar-refractivity contribution in [3.63, 3.8) is 0 Å². The third kappa shape index (κ3) is 9.51. The second kappa shape index (κ2) is 13.0. The van der Waals surface area contributed by atoms with Crippen molar-refractivity contribution >= 4 is 0 Å². The van der Waals surface area contributed by atoms with Gasteiger partial charge in [0.05, 0.1) is 14.2 Å². The lowest BCUT2D eigenvalue weighted by Gasteiger charge is -2.17. The van der Waals surface area contributed by atoms with Crippen LogP contribution >= 0.6 is 0 Å². The maximum Gasteiger partial charge on any atom is 0.160 e. The van der Waals surface area contributed by atoms with Gasteiger partial charge in [-0.3, -0.25) is 0 Å². The molecule has 0 saturated heterocycles. The van der Waals surface area contributed by atoms with Gasteiger partial charge in [-0.1, -0.05) is 70.3 Å². The molecule has 0 bridgehead atoms. The molecule has 27 heavy (non-hydrogen) atoms. The summed E-state index contributed by atoms with van der Waals surface area (Å²) in [5.74, 6) is 2.75. The van der Waals surface area contributed by atoms with Crippen LogP contribution in [-0.2, 0) is 6.42 Å². The molecule has 154 valence electrons. The maximum atomic E-state index is 5.39. The van der Waals surface area contributed by atoms with Crippen molar-refractivity contribution in [2.45, 2.75) is 77.0 Å². The van der Waals surface area contributed by atoms with Crippen LogP contribution in [0.15, 0.2) is 18.2 Å². The monoisotopic (exact) mass is 375 g/mol. The SMILES string of the molecule is COc1ccc(CCN(C)CCCCCCCCCCC2CC2)cc1OC. The minimum absolute atomic E-state index is 0.803. The molecule has 1 aliphatic carbocycles. The zero-order valence-corrected chi connectivity index (χ0v) is 18.0. The molecule has 0 heterocycles. The molecule has 1 saturated carbocycles. The van der Waals surface area contributed by atoms with Gasteiger partial charge in [-0.15, -0.1) is 0 Å². The summed E-state index contributed by atoms with van der Waals surface area (Å²) in [4.78, 5) is 2.45. The van der Waals surface area contributed by atoms with Crippen LogP contribution in [-0.4, -0.2) is 39.3 Å². The van der Waals surface area contributed by atoms with Crippen LogP contribution in [0, 0.1) is 5.92 Å². The number of ether oxygens (including phenoxy) is 2. The van der Waals surface area contributed by atoms with Crippen molar-refractivity contribution in [3.05, 3.63) is 23.8 Å². The maximum absolute atomic E-state index is 5.39. The highest BCUT2D eigenvalue weighted by Gasteiger charge is 2.19. The molecule has 1 aliphatic rings. The zero-order chi connectivity index (χ0) is 19.3. The summed E-state index contributed by atoms with van der Waals surface area (Å²) >= 11 is 0. The number of benzene rings is 1. The van der Waals surface area contributed by atoms with E-state index < -0.39 is 0 Å². The van der Waals surface area contributed by atoms with Gasteiger partial charge in [-0.25, -0.2) is 0 Å². The summed E-state index contributed by atoms with van der Waals surface area (Å²) in [5.41, 5.74) is 1.31. The van der Waals surface area contributed by atoms with Gasteiger partial charge in [0.2, 0.25) is 0 Å². The molecule has 0 aromatic heterocycles. The summed E-state index contributed by atoms with van der Waals surface area (Å²) in [6.07, 6.45) is 17.0. The second-order valence-electron chi connectivity index (χ2n) is 8.30. The van der Waals surface area contributed by atoms with Crippen LogP contribution in [0.1, 0.15) is 76.2 Å². The molecule has 3 heteroatoms. The van der Waals surface area contributed by atoms with Gasteiger partial charge < -0.3 is 14.4 Å². The van der Waals surface area contributed by atoms with E-state index in [9.17, 15) is 0 Å². The average molecular weight is 376 g/mol. The van der Waals surface area contributed by atoms with Crippen LogP contribution in [0.25, 0.3) is 0 Å². The Morgan fingerprint density at radius 3 is 2.07 bits per heavy atom. The van der Waals surface area contributed by atoms with Crippen LogP contribution < -0.4 is 9.47 Å². The van der Waals surface area contributed by atoms with Crippen molar-refractivity contribution in [3.8, 4) is 11.5 Å². The van der Waals surface area contributed by atoms with E-state index >= 15 is 0 Å². The number of hydrogen-bond acceptors (Lipinski definition) is 3. The number of rotatable bonds is 16. The van der Waals surface area contributed by atoms with E-state index in [0.29, 0.717) is 0 Å². The lowest BCUT2D eigenvalue weighted by atomic mass is 10.1. The molecular formula is C24H41NO2. The molecule has 2 rings (SSSR count). The molecule has 3 nitrogen and oxygen atoms in total. The smallest absolute Gasteiger partial charge is 0.160 e. The Bertz CT molecular complexity index is 513. The van der Waals surface area contributed by atoms with Crippen molar-refractivity contribution in [2.24, 2.45) is 5.92 Å². The molecule has 1 aromatic carbocycles. The van der Waals surface area contributed by atoms with Crippen molar-refractivity contribution in [1.29, 1.82) is 0 Å². The Morgan fingerprint density at radius 1 is 0.815 bits per heavy atom. The fourth-order valence-corrected chi connectivity index (χ4v) is 3.75. The number of nitrogens with zero attached hydrogens (tertiary/aromatic N) is 1. The summed E-state index contributed by atoms with van der Waals surface area (Å²) in [6, 6.07) is 6.23. The normalized spacial score (nSPS) is 13.9. The predicted molar refractivity (Wildman–Crippen MR) is 115 cm³/mol. The van der Waals surface area contributed by atoms with Gasteiger partial charge in [-0.05, 0) is 50.0 Å². The first-order valence-electron chi connectivity index (χ1n) is 11.1. The number of methoxy groups -OCH3 is 2. The van der Waals surface area contributed by atoms with E-state index in [2.05, 4.69) is 24.1 Å². The van der Waals surface area contributed by atoms with E-state index in [0.717, 1.165) is 30.4 Å². The standard InChI is InChI=1S/C24H41NO2/c1-25(19-17-22-15-16-23(26-2)24(20-22)27-3)18-11-9-7-5-4-6-8-10-12-21-13-14-21/h15-16,20-21H,4-14,17-19H2,1-3H3. The van der Waals surface area contributed by atoms with Crippen LogP contribution in [0.5, 0.6) is 11.5 Å². The van der Waals surface area contributed by atoms with Gasteiger partial charge in [0, 0.05) is 6.54 Å². The molecule has 1 fully saturated rings. The van der Waals surface area contributed by atoms with E-state index in [1.165, 1.54) is 82.7 Å². The summed E-state index contributed by atoms with van der Waals surface area (Å²) < 4.78 is 10.7. The van der Waals surface area contributed by atoms with Crippen LogP contribution in [0.3, 0.4) is 0 Å². The van der Waals surface area contributed by atoms with E-state index in [1.54, 1.807) is 14.2 Å². The molecule has 0 N–H and O–H groups in total. The Hall–Kier alpha value is -1.22. The minimum Gasteiger partial charge on any atom is -0.493 e. The molecule has 0 amide bonds. The Balaban J connectivity index is 1.44. The first kappa shape index (κ1) is 22.1. The molecule has 0 spiro atoms. The third-order valence-electron chi connectivity index (χ3n) is 5.83. The molecule has 1 aromatic rings. The number of unbranched alkanes of at least 4 members (excludes halogenated alkanes) is 7. The zero-order valence-electron chi connectivity index (χ0n) is 18.0. The molecular weight excluding hydrogens is 334 g/mol. The molecule has 0 aliphatic heterocycles. The fraction of sp³-hybridized carbons (Fsp3) is 0.750. The van der Waals surface area contributed by atoms with Crippen molar-refractivity contribution in [1.82, 2.24) is 4.90 Å². The van der Waals surface area contributed by atoms with Crippen molar-refractivity contribution < 1.29 is 9.47 Å². The Kier molecular flexibility index (Phi) is 10.7. The topological polar surface area (TPSA) is 21.7 Å².